The largest absolute Gasteiger partial charge is 0.416 e. The van der Waals surface area contributed by atoms with Crippen LogP contribution in [0.4, 0.5) is 30.7 Å². The highest BCUT2D eigenvalue weighted by molar-refractivity contribution is 7.10. The van der Waals surface area contributed by atoms with Crippen LogP contribution in [0.2, 0.25) is 0 Å². The Morgan fingerprint density at radius 3 is 1.92 bits per heavy atom. The molecular weight excluding hydrogens is 549 g/mol. The van der Waals surface area contributed by atoms with Crippen LogP contribution < -0.4 is 0 Å². The van der Waals surface area contributed by atoms with Crippen molar-refractivity contribution in [3.8, 4) is 0 Å². The van der Waals surface area contributed by atoms with Crippen molar-refractivity contribution in [3.05, 3.63) is 92.4 Å². The van der Waals surface area contributed by atoms with Crippen LogP contribution in [-0.4, -0.2) is 34.7 Å². The van der Waals surface area contributed by atoms with E-state index in [1.807, 2.05) is 18.4 Å². The van der Waals surface area contributed by atoms with E-state index in [-0.39, 0.29) is 25.7 Å². The normalized spacial score (nSPS) is 11.9. The summed E-state index contributed by atoms with van der Waals surface area (Å²) in [6, 6.07) is 7.96. The monoisotopic (exact) mass is 574 g/mol. The molecule has 0 atom stereocenters. The fourth-order valence-electron chi connectivity index (χ4n) is 3.83. The van der Waals surface area contributed by atoms with Crippen LogP contribution in [0.25, 0.3) is 0 Å². The molecule has 0 fully saturated rings. The van der Waals surface area contributed by atoms with Crippen LogP contribution >= 0.6 is 11.3 Å². The lowest BCUT2D eigenvalue weighted by Crippen LogP contribution is -2.43. The second-order valence-electron chi connectivity index (χ2n) is 8.92. The van der Waals surface area contributed by atoms with Crippen LogP contribution in [-0.2, 0) is 30.2 Å². The van der Waals surface area contributed by atoms with Gasteiger partial charge in [0, 0.05) is 23.5 Å². The molecule has 39 heavy (non-hydrogen) atoms. The van der Waals surface area contributed by atoms with Crippen molar-refractivity contribution in [1.29, 1.82) is 0 Å². The Morgan fingerprint density at radius 1 is 0.846 bits per heavy atom. The van der Waals surface area contributed by atoms with E-state index in [4.69, 9.17) is 0 Å². The minimum Gasteiger partial charge on any atom is -0.332 e. The molecule has 1 heterocycles. The summed E-state index contributed by atoms with van der Waals surface area (Å²) in [5, 5.41) is 1.84. The Bertz CT molecular complexity index is 1270. The Kier molecular flexibility index (Phi) is 9.42. The van der Waals surface area contributed by atoms with Crippen molar-refractivity contribution in [2.45, 2.75) is 45.7 Å². The Hall–Kier alpha value is -3.41. The van der Waals surface area contributed by atoms with Gasteiger partial charge in [-0.15, -0.1) is 11.3 Å². The topological polar surface area (TPSA) is 40.6 Å². The number of alkyl halides is 6. The van der Waals surface area contributed by atoms with E-state index >= 15 is 0 Å². The van der Waals surface area contributed by atoms with Gasteiger partial charge < -0.3 is 9.80 Å². The van der Waals surface area contributed by atoms with Crippen LogP contribution in [0.3, 0.4) is 0 Å². The van der Waals surface area contributed by atoms with Gasteiger partial charge >= 0.3 is 12.4 Å². The minimum atomic E-state index is -5.12. The number of rotatable bonds is 9. The summed E-state index contributed by atoms with van der Waals surface area (Å²) in [7, 11) is 0. The highest BCUT2D eigenvalue weighted by Gasteiger charge is 2.38. The maximum atomic E-state index is 13.4. The van der Waals surface area contributed by atoms with E-state index in [0.29, 0.717) is 24.1 Å². The number of hydrogen-bond acceptors (Lipinski definition) is 3. The molecule has 12 heteroatoms. The SMILES string of the molecule is CCCN(CC(=O)N(Cc1ccc(F)cc1)Cc1sccc1C)C(=O)c1cc(C(F)(F)F)cc(C(F)(F)F)c1. The summed E-state index contributed by atoms with van der Waals surface area (Å²) in [6.45, 7) is 3.05. The lowest BCUT2D eigenvalue weighted by molar-refractivity contribution is -0.143. The number of amides is 2. The zero-order valence-electron chi connectivity index (χ0n) is 21.0. The van der Waals surface area contributed by atoms with E-state index in [0.717, 1.165) is 15.3 Å². The van der Waals surface area contributed by atoms with Gasteiger partial charge in [-0.2, -0.15) is 26.3 Å². The average Bonchev–Trinajstić information content (AvgIpc) is 3.27. The van der Waals surface area contributed by atoms with Crippen LogP contribution in [0.15, 0.2) is 53.9 Å². The quantitative estimate of drug-likeness (QED) is 0.252. The summed E-state index contributed by atoms with van der Waals surface area (Å²) >= 11 is 1.40. The third-order valence-electron chi connectivity index (χ3n) is 5.88. The molecule has 210 valence electrons. The Labute approximate surface area is 224 Å². The fraction of sp³-hybridized carbons (Fsp3) is 0.333. The van der Waals surface area contributed by atoms with E-state index in [1.54, 1.807) is 6.92 Å². The lowest BCUT2D eigenvalue weighted by atomic mass is 10.0. The molecule has 2 amide bonds. The maximum Gasteiger partial charge on any atom is 0.416 e. The molecule has 1 aromatic heterocycles. The van der Waals surface area contributed by atoms with Crippen molar-refractivity contribution in [3.63, 3.8) is 0 Å². The molecule has 0 radical (unpaired) electrons. The smallest absolute Gasteiger partial charge is 0.332 e. The number of hydrogen-bond donors (Lipinski definition) is 0. The molecule has 4 nitrogen and oxygen atoms in total. The second kappa shape index (κ2) is 12.2. The van der Waals surface area contributed by atoms with Gasteiger partial charge in [-0.25, -0.2) is 4.39 Å². The predicted molar refractivity (Wildman–Crippen MR) is 132 cm³/mol. The molecular formula is C27H25F7N2O2S. The highest BCUT2D eigenvalue weighted by Crippen LogP contribution is 2.36. The van der Waals surface area contributed by atoms with Gasteiger partial charge in [0.2, 0.25) is 5.91 Å². The second-order valence-corrected chi connectivity index (χ2v) is 9.92. The number of carbonyl (C=O) groups is 2. The zero-order valence-corrected chi connectivity index (χ0v) is 21.8. The summed E-state index contributed by atoms with van der Waals surface area (Å²) in [6.07, 6.45) is -9.94. The maximum absolute atomic E-state index is 13.4. The zero-order chi connectivity index (χ0) is 29.0. The molecule has 0 unspecified atom stereocenters. The first-order valence-corrected chi connectivity index (χ1v) is 12.7. The molecule has 0 aliphatic carbocycles. The van der Waals surface area contributed by atoms with Gasteiger partial charge in [0.1, 0.15) is 12.4 Å². The van der Waals surface area contributed by atoms with E-state index in [2.05, 4.69) is 0 Å². The van der Waals surface area contributed by atoms with Gasteiger partial charge in [-0.1, -0.05) is 19.1 Å². The van der Waals surface area contributed by atoms with E-state index < -0.39 is 53.2 Å². The average molecular weight is 575 g/mol. The Morgan fingerprint density at radius 2 is 1.44 bits per heavy atom. The first-order chi connectivity index (χ1) is 18.2. The van der Waals surface area contributed by atoms with E-state index in [9.17, 15) is 40.3 Å². The third kappa shape index (κ3) is 8.04. The van der Waals surface area contributed by atoms with Gasteiger partial charge in [0.05, 0.1) is 17.7 Å². The summed E-state index contributed by atoms with van der Waals surface area (Å²) in [4.78, 5) is 29.8. The number of carbonyl (C=O) groups excluding carboxylic acids is 2. The number of nitrogens with zero attached hydrogens (tertiary/aromatic N) is 2. The fourth-order valence-corrected chi connectivity index (χ4v) is 4.75. The van der Waals surface area contributed by atoms with Gasteiger partial charge in [0.15, 0.2) is 0 Å². The van der Waals surface area contributed by atoms with Gasteiger partial charge in [0.25, 0.3) is 5.91 Å². The van der Waals surface area contributed by atoms with Crippen molar-refractivity contribution < 1.29 is 40.3 Å². The molecule has 0 N–H and O–H groups in total. The standard InChI is InChI=1S/C27H25F7N2O2S/c1-3-9-35(25(38)19-11-20(26(29,30)31)13-21(12-19)27(32,33)34)16-24(37)36(15-23-17(2)8-10-39-23)14-18-4-6-22(28)7-5-18/h4-8,10-13H,3,9,14-16H2,1-2H3. The molecule has 0 saturated carbocycles. The summed E-state index contributed by atoms with van der Waals surface area (Å²) in [5.41, 5.74) is -2.54. The molecule has 3 rings (SSSR count). The number of thiophene rings is 1. The molecule has 0 aliphatic heterocycles. The third-order valence-corrected chi connectivity index (χ3v) is 6.89. The lowest BCUT2D eigenvalue weighted by Gasteiger charge is -2.28. The Balaban J connectivity index is 1.93. The van der Waals surface area contributed by atoms with Crippen LogP contribution in [0.5, 0.6) is 0 Å². The van der Waals surface area contributed by atoms with Crippen molar-refractivity contribution in [2.24, 2.45) is 0 Å². The van der Waals surface area contributed by atoms with Crippen molar-refractivity contribution >= 4 is 23.2 Å². The molecule has 0 saturated heterocycles. The van der Waals surface area contributed by atoms with E-state index in [1.165, 1.54) is 40.5 Å². The molecule has 0 spiro atoms. The number of aryl methyl sites for hydroxylation is 1. The van der Waals surface area contributed by atoms with Gasteiger partial charge in [-0.3, -0.25) is 9.59 Å². The molecule has 0 aliphatic rings. The van der Waals surface area contributed by atoms with Gasteiger partial charge in [-0.05, 0) is 66.2 Å². The molecule has 2 aromatic carbocycles. The highest BCUT2D eigenvalue weighted by atomic mass is 32.1. The molecule has 0 bridgehead atoms. The van der Waals surface area contributed by atoms with Crippen molar-refractivity contribution in [1.82, 2.24) is 9.80 Å². The predicted octanol–water partition coefficient (Wildman–Crippen LogP) is 7.31. The minimum absolute atomic E-state index is 0.0480. The van der Waals surface area contributed by atoms with Crippen molar-refractivity contribution in [2.75, 3.05) is 13.1 Å². The first kappa shape index (κ1) is 30.1. The van der Waals surface area contributed by atoms with Crippen LogP contribution in [0, 0.1) is 12.7 Å². The molecule has 3 aromatic rings. The number of benzene rings is 2. The number of halogens is 7. The summed E-state index contributed by atoms with van der Waals surface area (Å²) < 4.78 is 93.4. The first-order valence-electron chi connectivity index (χ1n) is 11.8. The van der Waals surface area contributed by atoms with Crippen LogP contribution in [0.1, 0.15) is 50.8 Å². The summed E-state index contributed by atoms with van der Waals surface area (Å²) in [5.74, 6) is -2.17.